The van der Waals surface area contributed by atoms with Gasteiger partial charge in [-0.3, -0.25) is 4.90 Å². The largest absolute Gasteiger partial charge is 0.383 e. The lowest BCUT2D eigenvalue weighted by Gasteiger charge is -2.28. The summed E-state index contributed by atoms with van der Waals surface area (Å²) in [4.78, 5) is 6.91. The Kier molecular flexibility index (Phi) is 8.23. The Balaban J connectivity index is 2.58. The average Bonchev–Trinajstić information content (AvgIpc) is 2.49. The van der Waals surface area contributed by atoms with Crippen LogP contribution in [0.4, 0.5) is 5.82 Å². The minimum absolute atomic E-state index is 0.558. The van der Waals surface area contributed by atoms with E-state index in [1.54, 1.807) is 7.11 Å². The van der Waals surface area contributed by atoms with E-state index >= 15 is 0 Å². The van der Waals surface area contributed by atoms with E-state index in [1.807, 2.05) is 6.20 Å². The summed E-state index contributed by atoms with van der Waals surface area (Å²) in [6, 6.07) is 4.78. The fraction of sp³-hybridized carbons (Fsp3) is 0.688. The molecular formula is C16H29N3O. The third-order valence-electron chi connectivity index (χ3n) is 3.56. The van der Waals surface area contributed by atoms with Gasteiger partial charge in [0.1, 0.15) is 5.82 Å². The normalized spacial score (nSPS) is 12.7. The van der Waals surface area contributed by atoms with Crippen LogP contribution in [-0.2, 0) is 11.3 Å². The Labute approximate surface area is 123 Å². The van der Waals surface area contributed by atoms with E-state index in [1.165, 1.54) is 5.56 Å². The number of pyridine rings is 1. The van der Waals surface area contributed by atoms with Crippen LogP contribution < -0.4 is 5.32 Å². The molecule has 4 nitrogen and oxygen atoms in total. The number of rotatable bonds is 10. The lowest BCUT2D eigenvalue weighted by Crippen LogP contribution is -2.34. The van der Waals surface area contributed by atoms with Crippen LogP contribution >= 0.6 is 0 Å². The molecule has 0 aliphatic rings. The molecular weight excluding hydrogens is 250 g/mol. The highest BCUT2D eigenvalue weighted by atomic mass is 16.5. The van der Waals surface area contributed by atoms with E-state index in [4.69, 9.17) is 4.74 Å². The van der Waals surface area contributed by atoms with Gasteiger partial charge in [-0.1, -0.05) is 19.9 Å². The molecule has 0 spiro atoms. The summed E-state index contributed by atoms with van der Waals surface area (Å²) in [6.07, 6.45) is 4.23. The molecule has 1 N–H and O–H groups in total. The summed E-state index contributed by atoms with van der Waals surface area (Å²) in [7, 11) is 1.75. The lowest BCUT2D eigenvalue weighted by atomic mass is 10.2. The van der Waals surface area contributed by atoms with Crippen LogP contribution in [0, 0.1) is 0 Å². The highest BCUT2D eigenvalue weighted by molar-refractivity contribution is 5.35. The van der Waals surface area contributed by atoms with Gasteiger partial charge >= 0.3 is 0 Å². The fourth-order valence-electron chi connectivity index (χ4n) is 2.03. The molecule has 1 heterocycles. The van der Waals surface area contributed by atoms with Crippen molar-refractivity contribution in [1.29, 1.82) is 0 Å². The van der Waals surface area contributed by atoms with Gasteiger partial charge in [-0.25, -0.2) is 4.98 Å². The zero-order chi connectivity index (χ0) is 14.8. The molecule has 0 saturated carbocycles. The SMILES string of the molecule is CCCNc1ccc(CN(CCOC)C(C)CC)cn1. The molecule has 0 amide bonds. The topological polar surface area (TPSA) is 37.4 Å². The summed E-state index contributed by atoms with van der Waals surface area (Å²) < 4.78 is 5.20. The van der Waals surface area contributed by atoms with Crippen molar-refractivity contribution in [3.63, 3.8) is 0 Å². The summed E-state index contributed by atoms with van der Waals surface area (Å²) in [5.74, 6) is 0.961. The maximum absolute atomic E-state index is 5.20. The molecule has 1 aromatic heterocycles. The van der Waals surface area contributed by atoms with Gasteiger partial charge in [0.2, 0.25) is 0 Å². The van der Waals surface area contributed by atoms with E-state index in [0.29, 0.717) is 6.04 Å². The summed E-state index contributed by atoms with van der Waals surface area (Å²) in [5, 5.41) is 3.30. The minimum Gasteiger partial charge on any atom is -0.383 e. The quantitative estimate of drug-likeness (QED) is 0.714. The van der Waals surface area contributed by atoms with Crippen molar-refractivity contribution in [2.24, 2.45) is 0 Å². The van der Waals surface area contributed by atoms with Gasteiger partial charge in [0.05, 0.1) is 6.61 Å². The standard InChI is InChI=1S/C16H29N3O/c1-5-9-17-16-8-7-15(12-18-16)13-19(10-11-20-4)14(3)6-2/h7-8,12,14H,5-6,9-11,13H2,1-4H3,(H,17,18). The monoisotopic (exact) mass is 279 g/mol. The zero-order valence-electron chi connectivity index (χ0n) is 13.4. The van der Waals surface area contributed by atoms with Gasteiger partial charge in [0.15, 0.2) is 0 Å². The molecule has 0 aliphatic heterocycles. The Hall–Kier alpha value is -1.13. The second-order valence-corrected chi connectivity index (χ2v) is 5.20. The molecule has 0 aliphatic carbocycles. The summed E-state index contributed by atoms with van der Waals surface area (Å²) >= 11 is 0. The van der Waals surface area contributed by atoms with Gasteiger partial charge in [0, 0.05) is 39.0 Å². The van der Waals surface area contributed by atoms with Crippen LogP contribution in [0.25, 0.3) is 0 Å². The van der Waals surface area contributed by atoms with Crippen molar-refractivity contribution in [2.45, 2.75) is 46.2 Å². The van der Waals surface area contributed by atoms with Crippen molar-refractivity contribution in [2.75, 3.05) is 32.1 Å². The van der Waals surface area contributed by atoms with Gasteiger partial charge < -0.3 is 10.1 Å². The number of hydrogen-bond acceptors (Lipinski definition) is 4. The van der Waals surface area contributed by atoms with E-state index in [-0.39, 0.29) is 0 Å². The Morgan fingerprint density at radius 2 is 2.15 bits per heavy atom. The highest BCUT2D eigenvalue weighted by Crippen LogP contribution is 2.12. The molecule has 114 valence electrons. The van der Waals surface area contributed by atoms with Crippen molar-refractivity contribution in [1.82, 2.24) is 9.88 Å². The van der Waals surface area contributed by atoms with Gasteiger partial charge in [-0.15, -0.1) is 0 Å². The first-order chi connectivity index (χ1) is 9.71. The van der Waals surface area contributed by atoms with E-state index in [0.717, 1.165) is 44.9 Å². The maximum Gasteiger partial charge on any atom is 0.125 e. The molecule has 0 fully saturated rings. The van der Waals surface area contributed by atoms with E-state index in [9.17, 15) is 0 Å². The van der Waals surface area contributed by atoms with Crippen LogP contribution in [0.5, 0.6) is 0 Å². The van der Waals surface area contributed by atoms with Crippen LogP contribution in [0.1, 0.15) is 39.2 Å². The second kappa shape index (κ2) is 9.72. The Bertz CT molecular complexity index is 353. The number of anilines is 1. The summed E-state index contributed by atoms with van der Waals surface area (Å²) in [6.45, 7) is 10.3. The van der Waals surface area contributed by atoms with Gasteiger partial charge in [0.25, 0.3) is 0 Å². The number of aromatic nitrogens is 1. The average molecular weight is 279 g/mol. The van der Waals surface area contributed by atoms with Gasteiger partial charge in [-0.2, -0.15) is 0 Å². The third kappa shape index (κ3) is 5.88. The fourth-order valence-corrected chi connectivity index (χ4v) is 2.03. The first-order valence-corrected chi connectivity index (χ1v) is 7.63. The smallest absolute Gasteiger partial charge is 0.125 e. The molecule has 4 heteroatoms. The minimum atomic E-state index is 0.558. The molecule has 0 bridgehead atoms. The first-order valence-electron chi connectivity index (χ1n) is 7.63. The second-order valence-electron chi connectivity index (χ2n) is 5.20. The molecule has 0 radical (unpaired) electrons. The van der Waals surface area contributed by atoms with Crippen LogP contribution in [-0.4, -0.2) is 42.7 Å². The molecule has 1 atom stereocenters. The lowest BCUT2D eigenvalue weighted by molar-refractivity contribution is 0.118. The van der Waals surface area contributed by atoms with Crippen molar-refractivity contribution in [3.8, 4) is 0 Å². The maximum atomic E-state index is 5.20. The summed E-state index contributed by atoms with van der Waals surface area (Å²) in [5.41, 5.74) is 1.25. The van der Waals surface area contributed by atoms with E-state index < -0.39 is 0 Å². The molecule has 0 aromatic carbocycles. The van der Waals surface area contributed by atoms with Crippen LogP contribution in [0.15, 0.2) is 18.3 Å². The van der Waals surface area contributed by atoms with Crippen LogP contribution in [0.2, 0.25) is 0 Å². The van der Waals surface area contributed by atoms with Crippen molar-refractivity contribution in [3.05, 3.63) is 23.9 Å². The number of hydrogen-bond donors (Lipinski definition) is 1. The molecule has 1 rings (SSSR count). The molecule has 1 aromatic rings. The molecule has 0 saturated heterocycles. The van der Waals surface area contributed by atoms with Gasteiger partial charge in [-0.05, 0) is 31.4 Å². The number of nitrogens with zero attached hydrogens (tertiary/aromatic N) is 2. The first kappa shape index (κ1) is 16.9. The van der Waals surface area contributed by atoms with Crippen molar-refractivity contribution >= 4 is 5.82 Å². The predicted molar refractivity (Wildman–Crippen MR) is 85.1 cm³/mol. The number of nitrogens with one attached hydrogen (secondary N) is 1. The van der Waals surface area contributed by atoms with Crippen molar-refractivity contribution < 1.29 is 4.74 Å². The van der Waals surface area contributed by atoms with E-state index in [2.05, 4.69) is 48.1 Å². The number of ether oxygens (including phenoxy) is 1. The highest BCUT2D eigenvalue weighted by Gasteiger charge is 2.12. The molecule has 1 unspecified atom stereocenters. The van der Waals surface area contributed by atoms with Crippen LogP contribution in [0.3, 0.4) is 0 Å². The Morgan fingerprint density at radius 1 is 1.35 bits per heavy atom. The third-order valence-corrected chi connectivity index (χ3v) is 3.56. The predicted octanol–water partition coefficient (Wildman–Crippen LogP) is 3.15. The number of methoxy groups -OCH3 is 1. The molecule has 20 heavy (non-hydrogen) atoms. The Morgan fingerprint density at radius 3 is 2.70 bits per heavy atom. The zero-order valence-corrected chi connectivity index (χ0v) is 13.4.